The van der Waals surface area contributed by atoms with Crippen molar-refractivity contribution in [3.63, 3.8) is 0 Å². The van der Waals surface area contributed by atoms with E-state index in [1.54, 1.807) is 0 Å². The highest BCUT2D eigenvalue weighted by Gasteiger charge is 2.08. The number of ether oxygens (including phenoxy) is 1. The summed E-state index contributed by atoms with van der Waals surface area (Å²) in [5.41, 5.74) is 2.61. The lowest BCUT2D eigenvalue weighted by Gasteiger charge is -2.26. The van der Waals surface area contributed by atoms with Gasteiger partial charge in [-0.05, 0) is 24.1 Å². The highest BCUT2D eigenvalue weighted by atomic mass is 79.9. The molecule has 1 aromatic carbocycles. The second-order valence-electron chi connectivity index (χ2n) is 4.71. The molecule has 1 aliphatic heterocycles. The van der Waals surface area contributed by atoms with Crippen molar-refractivity contribution >= 4 is 15.9 Å². The maximum Gasteiger partial charge on any atom is 0.0594 e. The fourth-order valence-electron chi connectivity index (χ4n) is 2.04. The standard InChI is InChI=1S/C14H21BrN2O/c1-12-2-3-13(10-14(12)15)11-16-4-5-17-6-8-18-9-7-17/h2-3,10,16H,4-9,11H2,1H3. The summed E-state index contributed by atoms with van der Waals surface area (Å²) in [5.74, 6) is 0. The monoisotopic (exact) mass is 312 g/mol. The molecule has 0 atom stereocenters. The van der Waals surface area contributed by atoms with Gasteiger partial charge < -0.3 is 10.1 Å². The van der Waals surface area contributed by atoms with Crippen molar-refractivity contribution in [2.75, 3.05) is 39.4 Å². The highest BCUT2D eigenvalue weighted by Crippen LogP contribution is 2.17. The fourth-order valence-corrected chi connectivity index (χ4v) is 2.47. The van der Waals surface area contributed by atoms with Gasteiger partial charge >= 0.3 is 0 Å². The number of hydrogen-bond donors (Lipinski definition) is 1. The first kappa shape index (κ1) is 14.0. The van der Waals surface area contributed by atoms with Crippen LogP contribution in [0.1, 0.15) is 11.1 Å². The van der Waals surface area contributed by atoms with Gasteiger partial charge in [-0.2, -0.15) is 0 Å². The van der Waals surface area contributed by atoms with Crippen molar-refractivity contribution in [1.29, 1.82) is 0 Å². The lowest BCUT2D eigenvalue weighted by atomic mass is 10.1. The Morgan fingerprint density at radius 3 is 2.83 bits per heavy atom. The Morgan fingerprint density at radius 2 is 2.11 bits per heavy atom. The number of halogens is 1. The van der Waals surface area contributed by atoms with E-state index in [0.29, 0.717) is 0 Å². The quantitative estimate of drug-likeness (QED) is 0.843. The van der Waals surface area contributed by atoms with Crippen LogP contribution < -0.4 is 5.32 Å². The molecule has 0 aliphatic carbocycles. The third kappa shape index (κ3) is 4.35. The number of morpholine rings is 1. The Hall–Kier alpha value is -0.420. The number of nitrogens with zero attached hydrogens (tertiary/aromatic N) is 1. The Balaban J connectivity index is 1.66. The van der Waals surface area contributed by atoms with Crippen molar-refractivity contribution in [2.45, 2.75) is 13.5 Å². The van der Waals surface area contributed by atoms with Crippen molar-refractivity contribution < 1.29 is 4.74 Å². The first-order valence-corrected chi connectivity index (χ1v) is 7.31. The van der Waals surface area contributed by atoms with E-state index < -0.39 is 0 Å². The summed E-state index contributed by atoms with van der Waals surface area (Å²) >= 11 is 3.57. The molecule has 100 valence electrons. The second-order valence-corrected chi connectivity index (χ2v) is 5.57. The molecule has 1 heterocycles. The normalized spacial score (nSPS) is 17.0. The first-order chi connectivity index (χ1) is 8.75. The zero-order valence-electron chi connectivity index (χ0n) is 10.9. The van der Waals surface area contributed by atoms with Crippen LogP contribution in [0.2, 0.25) is 0 Å². The molecule has 0 spiro atoms. The number of nitrogens with one attached hydrogen (secondary N) is 1. The second kappa shape index (κ2) is 7.24. The van der Waals surface area contributed by atoms with Crippen LogP contribution in [0.3, 0.4) is 0 Å². The summed E-state index contributed by atoms with van der Waals surface area (Å²) in [6.45, 7) is 9.08. The minimum atomic E-state index is 0.880. The maximum atomic E-state index is 5.33. The summed E-state index contributed by atoms with van der Waals surface area (Å²) in [5, 5.41) is 3.49. The van der Waals surface area contributed by atoms with E-state index >= 15 is 0 Å². The molecular weight excluding hydrogens is 292 g/mol. The molecule has 0 aromatic heterocycles. The molecule has 0 saturated carbocycles. The molecule has 1 fully saturated rings. The van der Waals surface area contributed by atoms with Crippen molar-refractivity contribution in [3.05, 3.63) is 33.8 Å². The third-order valence-corrected chi connectivity index (χ3v) is 4.13. The molecule has 18 heavy (non-hydrogen) atoms. The van der Waals surface area contributed by atoms with E-state index in [4.69, 9.17) is 4.74 Å². The van der Waals surface area contributed by atoms with E-state index in [9.17, 15) is 0 Å². The zero-order chi connectivity index (χ0) is 12.8. The molecule has 1 aliphatic rings. The molecule has 0 bridgehead atoms. The predicted octanol–water partition coefficient (Wildman–Crippen LogP) is 2.18. The summed E-state index contributed by atoms with van der Waals surface area (Å²) in [4.78, 5) is 2.45. The van der Waals surface area contributed by atoms with E-state index in [-0.39, 0.29) is 0 Å². The van der Waals surface area contributed by atoms with E-state index in [1.165, 1.54) is 15.6 Å². The molecule has 4 heteroatoms. The van der Waals surface area contributed by atoms with E-state index in [1.807, 2.05) is 0 Å². The van der Waals surface area contributed by atoms with Crippen LogP contribution in [0.5, 0.6) is 0 Å². The van der Waals surface area contributed by atoms with Gasteiger partial charge in [-0.1, -0.05) is 28.1 Å². The Bertz CT molecular complexity index is 378. The molecule has 3 nitrogen and oxygen atoms in total. The summed E-state index contributed by atoms with van der Waals surface area (Å²) in [7, 11) is 0. The molecule has 0 radical (unpaired) electrons. The number of hydrogen-bond acceptors (Lipinski definition) is 3. The Labute approximate surface area is 118 Å². The van der Waals surface area contributed by atoms with Gasteiger partial charge in [0.25, 0.3) is 0 Å². The number of rotatable bonds is 5. The average molecular weight is 313 g/mol. The maximum absolute atomic E-state index is 5.33. The summed E-state index contributed by atoms with van der Waals surface area (Å²) < 4.78 is 6.52. The average Bonchev–Trinajstić information content (AvgIpc) is 2.40. The van der Waals surface area contributed by atoms with Crippen LogP contribution in [-0.4, -0.2) is 44.3 Å². The summed E-state index contributed by atoms with van der Waals surface area (Å²) in [6.07, 6.45) is 0. The van der Waals surface area contributed by atoms with E-state index in [2.05, 4.69) is 51.3 Å². The fraction of sp³-hybridized carbons (Fsp3) is 0.571. The summed E-state index contributed by atoms with van der Waals surface area (Å²) in [6, 6.07) is 6.53. The van der Waals surface area contributed by atoms with Gasteiger partial charge in [0.2, 0.25) is 0 Å². The van der Waals surface area contributed by atoms with Gasteiger partial charge in [0.15, 0.2) is 0 Å². The zero-order valence-corrected chi connectivity index (χ0v) is 12.5. The lowest BCUT2D eigenvalue weighted by molar-refractivity contribution is 0.0384. The van der Waals surface area contributed by atoms with Gasteiger partial charge in [-0.25, -0.2) is 0 Å². The van der Waals surface area contributed by atoms with Crippen molar-refractivity contribution in [3.8, 4) is 0 Å². The van der Waals surface area contributed by atoms with Crippen LogP contribution in [0.15, 0.2) is 22.7 Å². The Morgan fingerprint density at radius 1 is 1.33 bits per heavy atom. The van der Waals surface area contributed by atoms with Crippen molar-refractivity contribution in [1.82, 2.24) is 10.2 Å². The topological polar surface area (TPSA) is 24.5 Å². The minimum Gasteiger partial charge on any atom is -0.379 e. The Kier molecular flexibility index (Phi) is 5.63. The lowest BCUT2D eigenvalue weighted by Crippen LogP contribution is -2.40. The van der Waals surface area contributed by atoms with Crippen molar-refractivity contribution in [2.24, 2.45) is 0 Å². The largest absolute Gasteiger partial charge is 0.379 e. The molecule has 1 saturated heterocycles. The smallest absolute Gasteiger partial charge is 0.0594 e. The molecule has 2 rings (SSSR count). The van der Waals surface area contributed by atoms with Crippen LogP contribution in [0, 0.1) is 6.92 Å². The molecule has 1 aromatic rings. The van der Waals surface area contributed by atoms with Crippen LogP contribution >= 0.6 is 15.9 Å². The van der Waals surface area contributed by atoms with Gasteiger partial charge in [0.1, 0.15) is 0 Å². The van der Waals surface area contributed by atoms with Crippen LogP contribution in [0.25, 0.3) is 0 Å². The van der Waals surface area contributed by atoms with Gasteiger partial charge in [0, 0.05) is 37.2 Å². The molecule has 0 amide bonds. The number of benzene rings is 1. The third-order valence-electron chi connectivity index (χ3n) is 3.27. The van der Waals surface area contributed by atoms with Gasteiger partial charge in [0.05, 0.1) is 13.2 Å². The molecule has 1 N–H and O–H groups in total. The predicted molar refractivity (Wildman–Crippen MR) is 77.8 cm³/mol. The molecule has 0 unspecified atom stereocenters. The van der Waals surface area contributed by atoms with Gasteiger partial charge in [-0.3, -0.25) is 4.90 Å². The first-order valence-electron chi connectivity index (χ1n) is 6.51. The van der Waals surface area contributed by atoms with Gasteiger partial charge in [-0.15, -0.1) is 0 Å². The van der Waals surface area contributed by atoms with Crippen LogP contribution in [-0.2, 0) is 11.3 Å². The molecular formula is C14H21BrN2O. The van der Waals surface area contributed by atoms with E-state index in [0.717, 1.165) is 45.9 Å². The minimum absolute atomic E-state index is 0.880. The van der Waals surface area contributed by atoms with Crippen LogP contribution in [0.4, 0.5) is 0 Å². The SMILES string of the molecule is Cc1ccc(CNCCN2CCOCC2)cc1Br. The number of aryl methyl sites for hydroxylation is 1. The highest BCUT2D eigenvalue weighted by molar-refractivity contribution is 9.10.